The maximum absolute atomic E-state index is 13.7. The van der Waals surface area contributed by atoms with Crippen molar-refractivity contribution in [1.29, 1.82) is 0 Å². The highest BCUT2D eigenvalue weighted by Gasteiger charge is 2.36. The van der Waals surface area contributed by atoms with Gasteiger partial charge in [0.15, 0.2) is 0 Å². The van der Waals surface area contributed by atoms with Crippen LogP contribution in [-0.4, -0.2) is 36.7 Å². The first-order chi connectivity index (χ1) is 15.7. The van der Waals surface area contributed by atoms with Crippen LogP contribution in [0.3, 0.4) is 0 Å². The lowest BCUT2D eigenvalue weighted by Crippen LogP contribution is -2.38. The Bertz CT molecular complexity index is 1140. The Morgan fingerprint density at radius 1 is 1.21 bits per heavy atom. The summed E-state index contributed by atoms with van der Waals surface area (Å²) in [6.07, 6.45) is -1.90. The highest BCUT2D eigenvalue weighted by atomic mass is 19.4. The molecular weight excluding hydrogens is 437 g/mol. The van der Waals surface area contributed by atoms with Gasteiger partial charge in [-0.05, 0) is 61.3 Å². The Hall–Kier alpha value is -3.27. The molecular formula is C23H26F3N4O3+. The molecule has 0 saturated carbocycles. The highest BCUT2D eigenvalue weighted by Crippen LogP contribution is 2.39. The number of aryl methyl sites for hydroxylation is 1. The molecule has 0 atom stereocenters. The number of rotatable bonds is 5. The van der Waals surface area contributed by atoms with E-state index in [1.54, 1.807) is 18.3 Å². The molecule has 10 heteroatoms. The van der Waals surface area contributed by atoms with Gasteiger partial charge in [0.05, 0.1) is 16.6 Å². The number of benzene rings is 2. The standard InChI is InChI=1S/C23H25F3N4O3/c1-3-30-10-8-16(9-11-30)32-20-7-5-15(12-18(20)23(24,25)26)28-22(31)29-19-6-4-14(2)17-13-27-33-21(17)19/h4-7,12-13,16H,3,8-11H2,1-2H3,(H2,28,29,31)/p+1. The largest absolute Gasteiger partial charge is 0.490 e. The van der Waals surface area contributed by atoms with Crippen LogP contribution in [0.5, 0.6) is 5.75 Å². The van der Waals surface area contributed by atoms with Crippen LogP contribution in [0.4, 0.5) is 29.3 Å². The van der Waals surface area contributed by atoms with Gasteiger partial charge in [-0.15, -0.1) is 0 Å². The number of hydrogen-bond acceptors (Lipinski definition) is 4. The molecule has 0 bridgehead atoms. The minimum Gasteiger partial charge on any atom is -0.490 e. The van der Waals surface area contributed by atoms with Crippen LogP contribution < -0.4 is 20.5 Å². The molecule has 2 aromatic carbocycles. The molecule has 0 unspecified atom stereocenters. The van der Waals surface area contributed by atoms with Crippen LogP contribution in [0, 0.1) is 6.92 Å². The topological polar surface area (TPSA) is 80.9 Å². The van der Waals surface area contributed by atoms with Crippen molar-refractivity contribution in [3.63, 3.8) is 0 Å². The minimum absolute atomic E-state index is 0.00217. The maximum Gasteiger partial charge on any atom is 0.420 e. The van der Waals surface area contributed by atoms with Gasteiger partial charge in [-0.3, -0.25) is 0 Å². The van der Waals surface area contributed by atoms with Gasteiger partial charge in [-0.25, -0.2) is 9.32 Å². The molecule has 4 rings (SSSR count). The summed E-state index contributed by atoms with van der Waals surface area (Å²) in [6, 6.07) is 6.33. The molecule has 1 aliphatic heterocycles. The van der Waals surface area contributed by atoms with Crippen LogP contribution in [0.25, 0.3) is 11.0 Å². The summed E-state index contributed by atoms with van der Waals surface area (Å²) in [5.41, 5.74) is 0.869. The molecule has 0 radical (unpaired) electrons. The van der Waals surface area contributed by atoms with E-state index in [-0.39, 0.29) is 17.5 Å². The van der Waals surface area contributed by atoms with Crippen molar-refractivity contribution in [3.8, 4) is 5.75 Å². The zero-order valence-electron chi connectivity index (χ0n) is 18.4. The lowest BCUT2D eigenvalue weighted by molar-refractivity contribution is -0.602. The quantitative estimate of drug-likeness (QED) is 0.553. The number of ether oxygens (including phenoxy) is 1. The zero-order valence-corrected chi connectivity index (χ0v) is 18.4. The Morgan fingerprint density at radius 3 is 2.67 bits per heavy atom. The smallest absolute Gasteiger partial charge is 0.420 e. The Morgan fingerprint density at radius 2 is 1.97 bits per heavy atom. The fourth-order valence-corrected chi connectivity index (χ4v) is 3.97. The number of aromatic nitrogens is 1. The van der Waals surface area contributed by atoms with Crippen molar-refractivity contribution < 1.29 is 32.4 Å². The lowest BCUT2D eigenvalue weighted by Gasteiger charge is -2.31. The van der Waals surface area contributed by atoms with Crippen LogP contribution in [-0.2, 0) is 6.18 Å². The molecule has 33 heavy (non-hydrogen) atoms. The van der Waals surface area contributed by atoms with E-state index in [2.05, 4.69) is 27.6 Å². The minimum atomic E-state index is -4.62. The molecule has 7 nitrogen and oxygen atoms in total. The van der Waals surface area contributed by atoms with Gasteiger partial charge in [0.2, 0.25) is 11.8 Å². The summed E-state index contributed by atoms with van der Waals surface area (Å²) in [4.78, 5) is 14.7. The Kier molecular flexibility index (Phi) is 6.46. The molecule has 1 aromatic heterocycles. The predicted octanol–water partition coefficient (Wildman–Crippen LogP) is 5.08. The van der Waals surface area contributed by atoms with E-state index in [1.807, 2.05) is 6.92 Å². The number of fused-ring (bicyclic) bond motifs is 1. The van der Waals surface area contributed by atoms with Crippen molar-refractivity contribution in [3.05, 3.63) is 47.7 Å². The number of likely N-dealkylation sites (tertiary alicyclic amines) is 1. The number of amides is 2. The molecule has 0 aliphatic carbocycles. The fourth-order valence-electron chi connectivity index (χ4n) is 3.97. The van der Waals surface area contributed by atoms with Gasteiger partial charge >= 0.3 is 12.2 Å². The maximum atomic E-state index is 13.7. The number of halogens is 3. The van der Waals surface area contributed by atoms with Gasteiger partial charge in [0.25, 0.3) is 0 Å². The average molecular weight is 463 g/mol. The van der Waals surface area contributed by atoms with Gasteiger partial charge in [-0.1, -0.05) is 13.0 Å². The van der Waals surface area contributed by atoms with E-state index in [4.69, 9.17) is 9.26 Å². The second kappa shape index (κ2) is 9.30. The van der Waals surface area contributed by atoms with E-state index >= 15 is 0 Å². The zero-order chi connectivity index (χ0) is 23.6. The Balaban J connectivity index is 1.48. The van der Waals surface area contributed by atoms with Gasteiger partial charge in [-0.2, -0.15) is 13.2 Å². The number of piperidine rings is 1. The molecule has 3 aromatic rings. The van der Waals surface area contributed by atoms with Crippen molar-refractivity contribution in [2.45, 2.75) is 39.0 Å². The first-order valence-electron chi connectivity index (χ1n) is 10.8. The number of H-pyrrole nitrogens is 1. The summed E-state index contributed by atoms with van der Waals surface area (Å²) in [5, 5.41) is 8.48. The number of anilines is 2. The first kappa shape index (κ1) is 22.9. The molecule has 2 amide bonds. The van der Waals surface area contributed by atoms with Crippen LogP contribution in [0.15, 0.2) is 41.1 Å². The number of aromatic amines is 1. The molecule has 3 N–H and O–H groups in total. The predicted molar refractivity (Wildman–Crippen MR) is 117 cm³/mol. The van der Waals surface area contributed by atoms with E-state index in [9.17, 15) is 18.0 Å². The number of hydrogen-bond donors (Lipinski definition) is 2. The number of nitrogens with zero attached hydrogens (tertiary/aromatic N) is 1. The van der Waals surface area contributed by atoms with Crippen molar-refractivity contribution >= 4 is 28.4 Å². The van der Waals surface area contributed by atoms with E-state index < -0.39 is 17.8 Å². The van der Waals surface area contributed by atoms with Gasteiger partial charge < -0.3 is 20.3 Å². The molecule has 1 saturated heterocycles. The number of urea groups is 1. The second-order valence-electron chi connectivity index (χ2n) is 8.08. The highest BCUT2D eigenvalue weighted by molar-refractivity contribution is 6.04. The molecule has 176 valence electrons. The number of carbonyl (C=O) groups is 1. The average Bonchev–Trinajstić information content (AvgIpc) is 3.28. The van der Waals surface area contributed by atoms with Gasteiger partial charge in [0.1, 0.15) is 11.9 Å². The first-order valence-corrected chi connectivity index (χ1v) is 10.8. The monoisotopic (exact) mass is 463 g/mol. The summed E-state index contributed by atoms with van der Waals surface area (Å²) < 4.78 is 52.2. The summed E-state index contributed by atoms with van der Waals surface area (Å²) >= 11 is 0. The van der Waals surface area contributed by atoms with Crippen LogP contribution >= 0.6 is 0 Å². The van der Waals surface area contributed by atoms with E-state index in [0.717, 1.165) is 36.7 Å². The fraction of sp³-hybridized carbons (Fsp3) is 0.391. The third-order valence-electron chi connectivity index (χ3n) is 5.84. The lowest BCUT2D eigenvalue weighted by atomic mass is 10.1. The molecule has 1 aliphatic rings. The number of alkyl halides is 3. The summed E-state index contributed by atoms with van der Waals surface area (Å²) in [5.74, 6) is -0.227. The molecule has 1 fully saturated rings. The molecule has 2 heterocycles. The van der Waals surface area contributed by atoms with Crippen molar-refractivity contribution in [1.82, 2.24) is 4.90 Å². The van der Waals surface area contributed by atoms with Gasteiger partial charge in [0, 0.05) is 18.8 Å². The summed E-state index contributed by atoms with van der Waals surface area (Å²) in [7, 11) is 0. The van der Waals surface area contributed by atoms with E-state index in [1.165, 1.54) is 12.1 Å². The van der Waals surface area contributed by atoms with Crippen molar-refractivity contribution in [2.24, 2.45) is 0 Å². The SMILES string of the molecule is CCN1CCC(Oc2ccc(NC(=O)Nc3ccc(C)c4c[nH+]oc34)cc2C(F)(F)F)CC1. The van der Waals surface area contributed by atoms with Crippen LogP contribution in [0.1, 0.15) is 30.9 Å². The third kappa shape index (κ3) is 5.22. The Labute approximate surface area is 188 Å². The normalized spacial score (nSPS) is 15.5. The van der Waals surface area contributed by atoms with E-state index in [0.29, 0.717) is 24.1 Å². The van der Waals surface area contributed by atoms with Crippen molar-refractivity contribution in [2.75, 3.05) is 30.3 Å². The number of nitrogens with one attached hydrogen (secondary N) is 3. The molecule has 0 spiro atoms. The van der Waals surface area contributed by atoms with Crippen LogP contribution in [0.2, 0.25) is 0 Å². The number of carbonyl (C=O) groups excluding carboxylic acids is 1. The second-order valence-corrected chi connectivity index (χ2v) is 8.08. The summed E-state index contributed by atoms with van der Waals surface area (Å²) in [6.45, 7) is 6.45. The third-order valence-corrected chi connectivity index (χ3v) is 5.84.